The van der Waals surface area contributed by atoms with Gasteiger partial charge in [-0.25, -0.2) is 9.50 Å². The van der Waals surface area contributed by atoms with E-state index in [9.17, 15) is 0 Å². The van der Waals surface area contributed by atoms with Crippen molar-refractivity contribution in [1.29, 1.82) is 0 Å². The number of aromatic nitrogens is 3. The Kier molecular flexibility index (Phi) is 4.83. The van der Waals surface area contributed by atoms with Crippen molar-refractivity contribution >= 4 is 33.2 Å². The molecule has 0 atom stereocenters. The molecule has 4 rings (SSSR count). The number of benzene rings is 2. The van der Waals surface area contributed by atoms with Gasteiger partial charge in [-0.3, -0.25) is 0 Å². The van der Waals surface area contributed by atoms with Crippen LogP contribution in [0.4, 0.5) is 0 Å². The van der Waals surface area contributed by atoms with E-state index < -0.39 is 0 Å². The highest BCUT2D eigenvalue weighted by Gasteiger charge is 2.10. The quantitative estimate of drug-likeness (QED) is 0.373. The van der Waals surface area contributed by atoms with Crippen molar-refractivity contribution < 1.29 is 0 Å². The molecule has 0 amide bonds. The molecular weight excluding hydrogens is 406 g/mol. The molecule has 2 aromatic heterocycles. The van der Waals surface area contributed by atoms with Gasteiger partial charge in [-0.1, -0.05) is 52.0 Å². The fraction of sp³-hybridized carbons (Fsp3) is 0.143. The Bertz CT molecular complexity index is 1090. The smallest absolute Gasteiger partial charge is 0.122 e. The van der Waals surface area contributed by atoms with Crippen LogP contribution >= 0.6 is 27.7 Å². The minimum atomic E-state index is 0.871. The first-order valence-electron chi connectivity index (χ1n) is 8.39. The molecule has 4 aromatic rings. The molecule has 130 valence electrons. The van der Waals surface area contributed by atoms with Crippen LogP contribution in [0.3, 0.4) is 0 Å². The number of halogens is 1. The standard InChI is InChI=1S/C21H18BrN3S/c1-14-6-7-17(10-15(14)2)19-12-20-21(23-8-9-25(20)24-19)26-13-16-4-3-5-18(22)11-16/h3-12H,13H2,1-2H3. The number of thioether (sulfide) groups is 1. The Morgan fingerprint density at radius 3 is 2.73 bits per heavy atom. The molecule has 0 bridgehead atoms. The zero-order valence-electron chi connectivity index (χ0n) is 14.6. The second kappa shape index (κ2) is 7.25. The van der Waals surface area contributed by atoms with Gasteiger partial charge in [-0.2, -0.15) is 5.10 Å². The first-order valence-corrected chi connectivity index (χ1v) is 10.2. The fourth-order valence-corrected chi connectivity index (χ4v) is 4.19. The van der Waals surface area contributed by atoms with Gasteiger partial charge in [0.15, 0.2) is 0 Å². The number of rotatable bonds is 4. The Balaban J connectivity index is 1.66. The summed E-state index contributed by atoms with van der Waals surface area (Å²) in [6, 6.07) is 17.0. The van der Waals surface area contributed by atoms with Gasteiger partial charge < -0.3 is 0 Å². The van der Waals surface area contributed by atoms with E-state index in [2.05, 4.69) is 77.2 Å². The van der Waals surface area contributed by atoms with Crippen LogP contribution in [0.15, 0.2) is 70.4 Å². The lowest BCUT2D eigenvalue weighted by molar-refractivity contribution is 0.920. The van der Waals surface area contributed by atoms with Crippen LogP contribution in [-0.2, 0) is 5.75 Å². The Morgan fingerprint density at radius 2 is 1.92 bits per heavy atom. The molecule has 0 saturated heterocycles. The molecular formula is C21H18BrN3S. The van der Waals surface area contributed by atoms with Crippen LogP contribution in [0.25, 0.3) is 16.8 Å². The highest BCUT2D eigenvalue weighted by molar-refractivity contribution is 9.10. The van der Waals surface area contributed by atoms with Crippen LogP contribution in [0.5, 0.6) is 0 Å². The summed E-state index contributed by atoms with van der Waals surface area (Å²) in [6.07, 6.45) is 3.72. The molecule has 0 radical (unpaired) electrons. The monoisotopic (exact) mass is 423 g/mol. The molecule has 0 spiro atoms. The Hall–Kier alpha value is -2.11. The predicted octanol–water partition coefficient (Wildman–Crippen LogP) is 6.07. The van der Waals surface area contributed by atoms with Gasteiger partial charge >= 0.3 is 0 Å². The van der Waals surface area contributed by atoms with Gasteiger partial charge in [0.2, 0.25) is 0 Å². The second-order valence-corrected chi connectivity index (χ2v) is 8.19. The normalized spacial score (nSPS) is 11.2. The van der Waals surface area contributed by atoms with Crippen molar-refractivity contribution in [2.24, 2.45) is 0 Å². The lowest BCUT2D eigenvalue weighted by atomic mass is 10.0. The highest BCUT2D eigenvalue weighted by atomic mass is 79.9. The largest absolute Gasteiger partial charge is 0.246 e. The van der Waals surface area contributed by atoms with Crippen LogP contribution in [0, 0.1) is 13.8 Å². The predicted molar refractivity (Wildman–Crippen MR) is 112 cm³/mol. The van der Waals surface area contributed by atoms with E-state index in [1.54, 1.807) is 11.8 Å². The van der Waals surface area contributed by atoms with Crippen molar-refractivity contribution in [2.75, 3.05) is 0 Å². The van der Waals surface area contributed by atoms with Crippen molar-refractivity contribution in [3.05, 3.63) is 82.1 Å². The summed E-state index contributed by atoms with van der Waals surface area (Å²) in [5.41, 5.74) is 7.00. The van der Waals surface area contributed by atoms with Crippen molar-refractivity contribution in [3.8, 4) is 11.3 Å². The van der Waals surface area contributed by atoms with Crippen molar-refractivity contribution in [1.82, 2.24) is 14.6 Å². The average molecular weight is 424 g/mol. The summed E-state index contributed by atoms with van der Waals surface area (Å²) < 4.78 is 3.02. The zero-order chi connectivity index (χ0) is 18.1. The zero-order valence-corrected chi connectivity index (χ0v) is 17.0. The van der Waals surface area contributed by atoms with Crippen LogP contribution in [0.1, 0.15) is 16.7 Å². The second-order valence-electron chi connectivity index (χ2n) is 6.31. The fourth-order valence-electron chi connectivity index (χ4n) is 2.83. The molecule has 0 unspecified atom stereocenters. The van der Waals surface area contributed by atoms with Gasteiger partial charge in [0.1, 0.15) is 5.03 Å². The first-order chi connectivity index (χ1) is 12.6. The molecule has 0 fully saturated rings. The first kappa shape index (κ1) is 17.3. The minimum Gasteiger partial charge on any atom is -0.246 e. The molecule has 0 saturated carbocycles. The maximum atomic E-state index is 4.74. The summed E-state index contributed by atoms with van der Waals surface area (Å²) in [4.78, 5) is 4.57. The Labute approximate surface area is 165 Å². The molecule has 3 nitrogen and oxygen atoms in total. The minimum absolute atomic E-state index is 0.871. The summed E-state index contributed by atoms with van der Waals surface area (Å²) in [5.74, 6) is 0.871. The van der Waals surface area contributed by atoms with E-state index >= 15 is 0 Å². The van der Waals surface area contributed by atoms with Gasteiger partial charge in [0, 0.05) is 28.2 Å². The molecule has 26 heavy (non-hydrogen) atoms. The third-order valence-corrected chi connectivity index (χ3v) is 5.98. The van der Waals surface area contributed by atoms with E-state index in [-0.39, 0.29) is 0 Å². The number of nitrogens with zero attached hydrogens (tertiary/aromatic N) is 3. The van der Waals surface area contributed by atoms with Crippen molar-refractivity contribution in [3.63, 3.8) is 0 Å². The number of hydrogen-bond donors (Lipinski definition) is 0. The SMILES string of the molecule is Cc1ccc(-c2cc3c(SCc4cccc(Br)c4)nccn3n2)cc1C. The lowest BCUT2D eigenvalue weighted by Gasteiger charge is -2.03. The molecule has 2 aromatic carbocycles. The highest BCUT2D eigenvalue weighted by Crippen LogP contribution is 2.29. The molecule has 5 heteroatoms. The van der Waals surface area contributed by atoms with Gasteiger partial charge in [0.25, 0.3) is 0 Å². The molecule has 0 aliphatic heterocycles. The summed E-state index contributed by atoms with van der Waals surface area (Å²) in [7, 11) is 0. The van der Waals surface area contributed by atoms with Crippen LogP contribution in [0.2, 0.25) is 0 Å². The van der Waals surface area contributed by atoms with Gasteiger partial charge in [0.05, 0.1) is 11.2 Å². The van der Waals surface area contributed by atoms with Crippen molar-refractivity contribution in [2.45, 2.75) is 24.6 Å². The van der Waals surface area contributed by atoms with Crippen LogP contribution in [-0.4, -0.2) is 14.6 Å². The summed E-state index contributed by atoms with van der Waals surface area (Å²) in [6.45, 7) is 4.26. The average Bonchev–Trinajstić information content (AvgIpc) is 3.07. The van der Waals surface area contributed by atoms with E-state index in [0.29, 0.717) is 0 Å². The maximum Gasteiger partial charge on any atom is 0.122 e. The van der Waals surface area contributed by atoms with Gasteiger partial charge in [-0.15, -0.1) is 0 Å². The van der Waals surface area contributed by atoms with E-state index in [1.165, 1.54) is 16.7 Å². The molecule has 2 heterocycles. The number of aryl methyl sites for hydroxylation is 2. The molecule has 0 aliphatic carbocycles. The van der Waals surface area contributed by atoms with E-state index in [1.807, 2.05) is 23.0 Å². The summed E-state index contributed by atoms with van der Waals surface area (Å²) >= 11 is 5.26. The van der Waals surface area contributed by atoms with E-state index in [4.69, 9.17) is 5.10 Å². The number of fused-ring (bicyclic) bond motifs is 1. The molecule has 0 N–H and O–H groups in total. The summed E-state index contributed by atoms with van der Waals surface area (Å²) in [5, 5.41) is 5.73. The van der Waals surface area contributed by atoms with E-state index in [0.717, 1.165) is 32.0 Å². The maximum absolute atomic E-state index is 4.74. The lowest BCUT2D eigenvalue weighted by Crippen LogP contribution is -1.91. The molecule has 0 aliphatic rings. The third kappa shape index (κ3) is 3.55. The Morgan fingerprint density at radius 1 is 1.04 bits per heavy atom. The topological polar surface area (TPSA) is 30.2 Å². The van der Waals surface area contributed by atoms with Crippen LogP contribution < -0.4 is 0 Å². The third-order valence-electron chi connectivity index (χ3n) is 4.42. The van der Waals surface area contributed by atoms with Gasteiger partial charge in [-0.05, 0) is 54.8 Å². The number of hydrogen-bond acceptors (Lipinski definition) is 3.